The number of halogens is 1. The van der Waals surface area contributed by atoms with Gasteiger partial charge in [-0.2, -0.15) is 0 Å². The van der Waals surface area contributed by atoms with Gasteiger partial charge in [-0.3, -0.25) is 0 Å². The molecular weight excluding hydrogens is 264 g/mol. The number of hydrogen-bond acceptors (Lipinski definition) is 2. The molecule has 0 aliphatic carbocycles. The first-order chi connectivity index (χ1) is 7.77. The predicted molar refractivity (Wildman–Crippen MR) is 73.1 cm³/mol. The summed E-state index contributed by atoms with van der Waals surface area (Å²) in [5.74, 6) is 0. The van der Waals surface area contributed by atoms with Gasteiger partial charge >= 0.3 is 0 Å². The zero-order valence-electron chi connectivity index (χ0n) is 9.75. The van der Waals surface area contributed by atoms with Crippen molar-refractivity contribution in [3.63, 3.8) is 0 Å². The lowest BCUT2D eigenvalue weighted by atomic mass is 10.1. The summed E-state index contributed by atoms with van der Waals surface area (Å²) in [5.41, 5.74) is 1.31. The third kappa shape index (κ3) is 2.98. The van der Waals surface area contributed by atoms with Gasteiger partial charge in [-0.05, 0) is 56.6 Å². The minimum atomic E-state index is 0.677. The molecule has 1 aliphatic heterocycles. The van der Waals surface area contributed by atoms with Crippen molar-refractivity contribution in [2.45, 2.75) is 25.3 Å². The molecule has 2 nitrogen and oxygen atoms in total. The maximum Gasteiger partial charge on any atom is 0.0366 e. The number of nitrogens with one attached hydrogen (secondary N) is 1. The second-order valence-corrected chi connectivity index (χ2v) is 5.34. The van der Waals surface area contributed by atoms with Gasteiger partial charge in [0.1, 0.15) is 0 Å². The summed E-state index contributed by atoms with van der Waals surface area (Å²) >= 11 is 3.47. The smallest absolute Gasteiger partial charge is 0.0366 e. The van der Waals surface area contributed by atoms with E-state index in [4.69, 9.17) is 0 Å². The van der Waals surface area contributed by atoms with Crippen LogP contribution in [0.1, 0.15) is 19.3 Å². The molecule has 1 unspecified atom stereocenters. The quantitative estimate of drug-likeness (QED) is 0.897. The molecule has 0 radical (unpaired) electrons. The maximum atomic E-state index is 3.47. The molecule has 16 heavy (non-hydrogen) atoms. The highest BCUT2D eigenvalue weighted by atomic mass is 79.9. The van der Waals surface area contributed by atoms with Crippen LogP contribution in [-0.4, -0.2) is 26.2 Å². The van der Waals surface area contributed by atoms with Crippen molar-refractivity contribution < 1.29 is 0 Å². The molecule has 0 saturated carbocycles. The Bertz CT molecular complexity index is 315. The van der Waals surface area contributed by atoms with Crippen LogP contribution in [0.15, 0.2) is 28.7 Å². The SMILES string of the molecule is CN(c1ccc(Br)cc1)C1CCCNCC1. The first-order valence-corrected chi connectivity index (χ1v) is 6.76. The van der Waals surface area contributed by atoms with Crippen LogP contribution in [0.3, 0.4) is 0 Å². The van der Waals surface area contributed by atoms with E-state index in [1.807, 2.05) is 0 Å². The fourth-order valence-corrected chi connectivity index (χ4v) is 2.54. The highest BCUT2D eigenvalue weighted by Gasteiger charge is 2.16. The normalized spacial score (nSPS) is 21.5. The summed E-state index contributed by atoms with van der Waals surface area (Å²) in [7, 11) is 2.21. The summed E-state index contributed by atoms with van der Waals surface area (Å²) in [6.45, 7) is 2.32. The number of rotatable bonds is 2. The van der Waals surface area contributed by atoms with Crippen molar-refractivity contribution in [1.29, 1.82) is 0 Å². The molecule has 3 heteroatoms. The van der Waals surface area contributed by atoms with Gasteiger partial charge in [0.25, 0.3) is 0 Å². The molecule has 1 atom stereocenters. The van der Waals surface area contributed by atoms with Crippen LogP contribution in [-0.2, 0) is 0 Å². The second kappa shape index (κ2) is 5.69. The Kier molecular flexibility index (Phi) is 4.24. The summed E-state index contributed by atoms with van der Waals surface area (Å²) in [5, 5.41) is 3.46. The van der Waals surface area contributed by atoms with Crippen LogP contribution in [0.2, 0.25) is 0 Å². The zero-order valence-corrected chi connectivity index (χ0v) is 11.3. The number of benzene rings is 1. The van der Waals surface area contributed by atoms with Crippen molar-refractivity contribution in [3.05, 3.63) is 28.7 Å². The molecule has 88 valence electrons. The van der Waals surface area contributed by atoms with Crippen molar-refractivity contribution in [1.82, 2.24) is 5.32 Å². The largest absolute Gasteiger partial charge is 0.372 e. The van der Waals surface area contributed by atoms with E-state index in [9.17, 15) is 0 Å². The minimum Gasteiger partial charge on any atom is -0.372 e. The summed E-state index contributed by atoms with van der Waals surface area (Å²) < 4.78 is 1.15. The second-order valence-electron chi connectivity index (χ2n) is 4.42. The first kappa shape index (κ1) is 11.9. The van der Waals surface area contributed by atoms with E-state index in [0.717, 1.165) is 11.0 Å². The standard InChI is InChI=1S/C13H19BrN2/c1-16(12-3-2-9-15-10-8-12)13-6-4-11(14)5-7-13/h4-7,12,15H,2-3,8-10H2,1H3. The lowest BCUT2D eigenvalue weighted by molar-refractivity contribution is 0.567. The molecule has 0 aromatic heterocycles. The minimum absolute atomic E-state index is 0.677. The molecule has 1 N–H and O–H groups in total. The maximum absolute atomic E-state index is 3.47. The highest BCUT2D eigenvalue weighted by molar-refractivity contribution is 9.10. The number of hydrogen-bond donors (Lipinski definition) is 1. The number of nitrogens with zero attached hydrogens (tertiary/aromatic N) is 1. The molecule has 1 heterocycles. The lowest BCUT2D eigenvalue weighted by Crippen LogP contribution is -2.32. The average Bonchev–Trinajstić information content (AvgIpc) is 2.57. The Hall–Kier alpha value is -0.540. The van der Waals surface area contributed by atoms with Crippen molar-refractivity contribution in [2.75, 3.05) is 25.0 Å². The van der Waals surface area contributed by atoms with Crippen molar-refractivity contribution in [2.24, 2.45) is 0 Å². The summed E-state index contributed by atoms with van der Waals surface area (Å²) in [4.78, 5) is 2.42. The molecule has 0 bridgehead atoms. The van der Waals surface area contributed by atoms with E-state index >= 15 is 0 Å². The van der Waals surface area contributed by atoms with Crippen molar-refractivity contribution in [3.8, 4) is 0 Å². The monoisotopic (exact) mass is 282 g/mol. The van der Waals surface area contributed by atoms with E-state index in [-0.39, 0.29) is 0 Å². The Labute approximate surface area is 106 Å². The molecule has 2 rings (SSSR count). The molecule has 1 aromatic rings. The molecule has 1 saturated heterocycles. The van der Waals surface area contributed by atoms with Gasteiger partial charge < -0.3 is 10.2 Å². The zero-order chi connectivity index (χ0) is 11.4. The topological polar surface area (TPSA) is 15.3 Å². The van der Waals surface area contributed by atoms with Gasteiger partial charge in [0.2, 0.25) is 0 Å². The molecule has 1 fully saturated rings. The highest BCUT2D eigenvalue weighted by Crippen LogP contribution is 2.22. The Balaban J connectivity index is 2.04. The van der Waals surface area contributed by atoms with E-state index in [1.165, 1.54) is 31.5 Å². The Morgan fingerprint density at radius 2 is 1.94 bits per heavy atom. The van der Waals surface area contributed by atoms with Gasteiger partial charge in [0.15, 0.2) is 0 Å². The number of anilines is 1. The van der Waals surface area contributed by atoms with Crippen LogP contribution in [0, 0.1) is 0 Å². The molecular formula is C13H19BrN2. The van der Waals surface area contributed by atoms with Gasteiger partial charge in [0, 0.05) is 23.2 Å². The lowest BCUT2D eigenvalue weighted by Gasteiger charge is -2.29. The van der Waals surface area contributed by atoms with Crippen molar-refractivity contribution >= 4 is 21.6 Å². The van der Waals surface area contributed by atoms with Gasteiger partial charge in [-0.1, -0.05) is 15.9 Å². The van der Waals surface area contributed by atoms with Crippen LogP contribution in [0.5, 0.6) is 0 Å². The first-order valence-electron chi connectivity index (χ1n) is 5.96. The van der Waals surface area contributed by atoms with Gasteiger partial charge in [0.05, 0.1) is 0 Å². The Morgan fingerprint density at radius 1 is 1.19 bits per heavy atom. The van der Waals surface area contributed by atoms with E-state index in [2.05, 4.69) is 57.5 Å². The van der Waals surface area contributed by atoms with Crippen LogP contribution < -0.4 is 10.2 Å². The van der Waals surface area contributed by atoms with Gasteiger partial charge in [-0.15, -0.1) is 0 Å². The third-order valence-electron chi connectivity index (χ3n) is 3.33. The molecule has 1 aromatic carbocycles. The van der Waals surface area contributed by atoms with E-state index in [0.29, 0.717) is 6.04 Å². The van der Waals surface area contributed by atoms with E-state index in [1.54, 1.807) is 0 Å². The van der Waals surface area contributed by atoms with Crippen LogP contribution in [0.4, 0.5) is 5.69 Å². The summed E-state index contributed by atoms with van der Waals surface area (Å²) in [6, 6.07) is 9.27. The predicted octanol–water partition coefficient (Wildman–Crippen LogP) is 3.03. The fourth-order valence-electron chi connectivity index (χ4n) is 2.28. The third-order valence-corrected chi connectivity index (χ3v) is 3.86. The molecule has 1 aliphatic rings. The Morgan fingerprint density at radius 3 is 2.69 bits per heavy atom. The average molecular weight is 283 g/mol. The van der Waals surface area contributed by atoms with Gasteiger partial charge in [-0.25, -0.2) is 0 Å². The van der Waals surface area contributed by atoms with E-state index < -0.39 is 0 Å². The van der Waals surface area contributed by atoms with Crippen LogP contribution in [0.25, 0.3) is 0 Å². The molecule has 0 spiro atoms. The fraction of sp³-hybridized carbons (Fsp3) is 0.538. The molecule has 0 amide bonds. The van der Waals surface area contributed by atoms with Crippen LogP contribution >= 0.6 is 15.9 Å². The summed E-state index contributed by atoms with van der Waals surface area (Å²) in [6.07, 6.45) is 3.82.